The van der Waals surface area contributed by atoms with E-state index in [1.165, 1.54) is 0 Å². The number of hydrogen-bond donors (Lipinski definition) is 1. The first-order chi connectivity index (χ1) is 11.8. The van der Waals surface area contributed by atoms with Crippen LogP contribution in [0.1, 0.15) is 16.7 Å². The van der Waals surface area contributed by atoms with Crippen molar-refractivity contribution in [3.63, 3.8) is 0 Å². The van der Waals surface area contributed by atoms with Crippen LogP contribution in [0, 0.1) is 17.1 Å². The van der Waals surface area contributed by atoms with Crippen molar-refractivity contribution in [3.8, 4) is 6.07 Å². The fourth-order valence-corrected chi connectivity index (χ4v) is 2.77. The summed E-state index contributed by atoms with van der Waals surface area (Å²) in [5.41, 5.74) is 3.31. The monoisotopic (exact) mass is 325 g/mol. The van der Waals surface area contributed by atoms with Crippen molar-refractivity contribution >= 4 is 5.69 Å². The van der Waals surface area contributed by atoms with Crippen LogP contribution >= 0.6 is 0 Å². The average Bonchev–Trinajstić information content (AvgIpc) is 2.63. The van der Waals surface area contributed by atoms with Gasteiger partial charge >= 0.3 is 0 Å². The fourth-order valence-electron chi connectivity index (χ4n) is 2.77. The minimum atomic E-state index is -0.186. The molecular weight excluding hydrogens is 305 g/mol. The zero-order valence-electron chi connectivity index (χ0n) is 13.5. The third-order valence-electron chi connectivity index (χ3n) is 4.11. The molecule has 0 spiro atoms. The minimum Gasteiger partial charge on any atom is -0.378 e. The summed E-state index contributed by atoms with van der Waals surface area (Å²) in [5, 5.41) is 12.1. The smallest absolute Gasteiger partial charge is 0.146 e. The molecule has 24 heavy (non-hydrogen) atoms. The number of rotatable bonds is 5. The Morgan fingerprint density at radius 3 is 2.38 bits per heavy atom. The van der Waals surface area contributed by atoms with Crippen LogP contribution in [0.5, 0.6) is 0 Å². The highest BCUT2D eigenvalue weighted by atomic mass is 19.1. The van der Waals surface area contributed by atoms with Gasteiger partial charge in [-0.3, -0.25) is 0 Å². The molecule has 0 bridgehead atoms. The first-order valence-corrected chi connectivity index (χ1v) is 8.07. The molecule has 5 heteroatoms. The summed E-state index contributed by atoms with van der Waals surface area (Å²) in [6.45, 7) is 4.03. The van der Waals surface area contributed by atoms with Crippen LogP contribution in [0.4, 0.5) is 10.1 Å². The van der Waals surface area contributed by atoms with Gasteiger partial charge in [0, 0.05) is 26.2 Å². The molecule has 2 aromatic carbocycles. The number of halogens is 1. The third-order valence-corrected chi connectivity index (χ3v) is 4.11. The molecule has 2 aromatic rings. The molecular formula is C19H20FN3O. The standard InChI is InChI=1S/C19H20FN3O/c20-18-11-17(5-6-19(18)23-7-9-24-10-8-23)14-22-13-16-3-1-15(12-21)2-4-16/h1-6,11,22H,7-10,13-14H2. The second kappa shape index (κ2) is 7.91. The summed E-state index contributed by atoms with van der Waals surface area (Å²) >= 11 is 0. The molecule has 1 N–H and O–H groups in total. The van der Waals surface area contributed by atoms with Crippen LogP contribution < -0.4 is 10.2 Å². The van der Waals surface area contributed by atoms with Crippen LogP contribution in [0.25, 0.3) is 0 Å². The molecule has 1 heterocycles. The van der Waals surface area contributed by atoms with Gasteiger partial charge in [0.05, 0.1) is 30.5 Å². The number of nitrogens with one attached hydrogen (secondary N) is 1. The molecule has 3 rings (SSSR count). The molecule has 1 saturated heterocycles. The van der Waals surface area contributed by atoms with E-state index < -0.39 is 0 Å². The van der Waals surface area contributed by atoms with Crippen LogP contribution in [0.15, 0.2) is 42.5 Å². The molecule has 4 nitrogen and oxygen atoms in total. The van der Waals surface area contributed by atoms with Gasteiger partial charge in [0.25, 0.3) is 0 Å². The molecule has 0 radical (unpaired) electrons. The predicted octanol–water partition coefficient (Wildman–Crippen LogP) is 2.82. The lowest BCUT2D eigenvalue weighted by Gasteiger charge is -2.29. The van der Waals surface area contributed by atoms with E-state index in [0.717, 1.165) is 24.2 Å². The van der Waals surface area contributed by atoms with Gasteiger partial charge in [-0.05, 0) is 35.4 Å². The van der Waals surface area contributed by atoms with Gasteiger partial charge in [0.2, 0.25) is 0 Å². The average molecular weight is 325 g/mol. The summed E-state index contributed by atoms with van der Waals surface area (Å²) in [7, 11) is 0. The maximum absolute atomic E-state index is 14.3. The Morgan fingerprint density at radius 2 is 1.71 bits per heavy atom. The summed E-state index contributed by atoms with van der Waals surface area (Å²) < 4.78 is 19.6. The van der Waals surface area contributed by atoms with Crippen molar-refractivity contribution in [2.45, 2.75) is 13.1 Å². The first kappa shape index (κ1) is 16.4. The number of nitrogens with zero attached hydrogens (tertiary/aromatic N) is 2. The van der Waals surface area contributed by atoms with Gasteiger partial charge < -0.3 is 15.0 Å². The molecule has 0 aromatic heterocycles. The number of hydrogen-bond acceptors (Lipinski definition) is 4. The lowest BCUT2D eigenvalue weighted by atomic mass is 10.1. The lowest BCUT2D eigenvalue weighted by molar-refractivity contribution is 0.122. The van der Waals surface area contributed by atoms with E-state index in [9.17, 15) is 4.39 Å². The molecule has 0 atom stereocenters. The van der Waals surface area contributed by atoms with E-state index in [1.54, 1.807) is 18.2 Å². The molecule has 0 amide bonds. The quantitative estimate of drug-likeness (QED) is 0.918. The van der Waals surface area contributed by atoms with Gasteiger partial charge in [0.1, 0.15) is 5.82 Å². The number of morpholine rings is 1. The van der Waals surface area contributed by atoms with Crippen molar-refractivity contribution in [2.75, 3.05) is 31.2 Å². The zero-order valence-corrected chi connectivity index (χ0v) is 13.5. The zero-order chi connectivity index (χ0) is 16.8. The molecule has 0 aliphatic carbocycles. The Balaban J connectivity index is 1.55. The van der Waals surface area contributed by atoms with Crippen molar-refractivity contribution in [1.82, 2.24) is 5.32 Å². The maximum Gasteiger partial charge on any atom is 0.146 e. The van der Waals surface area contributed by atoms with E-state index in [4.69, 9.17) is 10.00 Å². The SMILES string of the molecule is N#Cc1ccc(CNCc2ccc(N3CCOCC3)c(F)c2)cc1. The van der Waals surface area contributed by atoms with E-state index >= 15 is 0 Å². The van der Waals surface area contributed by atoms with E-state index in [2.05, 4.69) is 11.4 Å². The third kappa shape index (κ3) is 4.10. The summed E-state index contributed by atoms with van der Waals surface area (Å²) in [4.78, 5) is 2.02. The molecule has 0 unspecified atom stereocenters. The van der Waals surface area contributed by atoms with Gasteiger partial charge in [-0.2, -0.15) is 5.26 Å². The maximum atomic E-state index is 14.3. The first-order valence-electron chi connectivity index (χ1n) is 8.07. The van der Waals surface area contributed by atoms with E-state index in [-0.39, 0.29) is 5.82 Å². The molecule has 0 saturated carbocycles. The number of nitriles is 1. The largest absolute Gasteiger partial charge is 0.378 e. The topological polar surface area (TPSA) is 48.3 Å². The van der Waals surface area contributed by atoms with Crippen molar-refractivity contribution in [2.24, 2.45) is 0 Å². The summed E-state index contributed by atoms with van der Waals surface area (Å²) in [6.07, 6.45) is 0. The van der Waals surface area contributed by atoms with E-state index in [1.807, 2.05) is 29.2 Å². The number of ether oxygens (including phenoxy) is 1. The minimum absolute atomic E-state index is 0.186. The van der Waals surface area contributed by atoms with Crippen LogP contribution in [-0.4, -0.2) is 26.3 Å². The normalized spacial score (nSPS) is 14.4. The number of anilines is 1. The second-order valence-electron chi connectivity index (χ2n) is 5.80. The second-order valence-corrected chi connectivity index (χ2v) is 5.80. The Hall–Kier alpha value is -2.42. The Kier molecular flexibility index (Phi) is 5.42. The summed E-state index contributed by atoms with van der Waals surface area (Å²) in [6, 6.07) is 14.9. The number of benzene rings is 2. The van der Waals surface area contributed by atoms with Crippen LogP contribution in [0.3, 0.4) is 0 Å². The Morgan fingerprint density at radius 1 is 1.04 bits per heavy atom. The van der Waals surface area contributed by atoms with Gasteiger partial charge in [-0.15, -0.1) is 0 Å². The molecule has 124 valence electrons. The highest BCUT2D eigenvalue weighted by Crippen LogP contribution is 2.21. The van der Waals surface area contributed by atoms with E-state index in [0.29, 0.717) is 37.6 Å². The van der Waals surface area contributed by atoms with Crippen LogP contribution in [0.2, 0.25) is 0 Å². The highest BCUT2D eigenvalue weighted by Gasteiger charge is 2.15. The summed E-state index contributed by atoms with van der Waals surface area (Å²) in [5.74, 6) is -0.186. The highest BCUT2D eigenvalue weighted by molar-refractivity contribution is 5.49. The van der Waals surface area contributed by atoms with Gasteiger partial charge in [0.15, 0.2) is 0 Å². The Bertz CT molecular complexity index is 718. The van der Waals surface area contributed by atoms with Gasteiger partial charge in [-0.25, -0.2) is 4.39 Å². The van der Waals surface area contributed by atoms with Gasteiger partial charge in [-0.1, -0.05) is 18.2 Å². The Labute approximate surface area is 141 Å². The van der Waals surface area contributed by atoms with Crippen molar-refractivity contribution in [1.29, 1.82) is 5.26 Å². The van der Waals surface area contributed by atoms with Crippen molar-refractivity contribution in [3.05, 3.63) is 65.0 Å². The predicted molar refractivity (Wildman–Crippen MR) is 91.1 cm³/mol. The lowest BCUT2D eigenvalue weighted by Crippen LogP contribution is -2.36. The molecule has 1 aliphatic rings. The molecule has 1 fully saturated rings. The molecule has 1 aliphatic heterocycles. The van der Waals surface area contributed by atoms with Crippen LogP contribution in [-0.2, 0) is 17.8 Å². The fraction of sp³-hybridized carbons (Fsp3) is 0.316. The van der Waals surface area contributed by atoms with Crippen molar-refractivity contribution < 1.29 is 9.13 Å².